The molecule has 2 unspecified atom stereocenters. The Balaban J connectivity index is 0.000000222. The summed E-state index contributed by atoms with van der Waals surface area (Å²) in [5.41, 5.74) is 10.9. The summed E-state index contributed by atoms with van der Waals surface area (Å²) < 4.78 is 0. The lowest BCUT2D eigenvalue weighted by Gasteiger charge is -2.18. The first-order chi connectivity index (χ1) is 9.91. The Morgan fingerprint density at radius 2 is 2.29 bits per heavy atom. The Bertz CT molecular complexity index is 467. The number of carbonyl (C=O) groups is 2. The van der Waals surface area contributed by atoms with Crippen LogP contribution in [-0.4, -0.2) is 46.5 Å². The third kappa shape index (κ3) is 5.88. The van der Waals surface area contributed by atoms with Gasteiger partial charge in [0.1, 0.15) is 6.04 Å². The van der Waals surface area contributed by atoms with Crippen molar-refractivity contribution in [1.29, 1.82) is 0 Å². The molecule has 7 heteroatoms. The summed E-state index contributed by atoms with van der Waals surface area (Å²) in [7, 11) is 2.19. The van der Waals surface area contributed by atoms with Crippen LogP contribution in [0.1, 0.15) is 30.9 Å². The van der Waals surface area contributed by atoms with Gasteiger partial charge in [-0.1, -0.05) is 6.07 Å². The van der Waals surface area contributed by atoms with E-state index < -0.39 is 17.9 Å². The summed E-state index contributed by atoms with van der Waals surface area (Å²) in [6.07, 6.45) is 6.10. The average molecular weight is 294 g/mol. The second kappa shape index (κ2) is 8.33. The van der Waals surface area contributed by atoms with Gasteiger partial charge in [0.05, 0.1) is 6.42 Å². The van der Waals surface area contributed by atoms with Crippen LogP contribution >= 0.6 is 0 Å². The number of nitrogens with two attached hydrogens (primary N) is 2. The average Bonchev–Trinajstić information content (AvgIpc) is 2.86. The Morgan fingerprint density at radius 3 is 2.67 bits per heavy atom. The second-order valence-electron chi connectivity index (χ2n) is 5.04. The van der Waals surface area contributed by atoms with Gasteiger partial charge in [0.25, 0.3) is 0 Å². The number of pyridine rings is 1. The van der Waals surface area contributed by atoms with Crippen LogP contribution in [0.2, 0.25) is 0 Å². The lowest BCUT2D eigenvalue weighted by molar-refractivity contribution is -0.140. The quantitative estimate of drug-likeness (QED) is 0.725. The van der Waals surface area contributed by atoms with Gasteiger partial charge in [-0.2, -0.15) is 0 Å². The minimum atomic E-state index is -1.21. The van der Waals surface area contributed by atoms with Crippen molar-refractivity contribution in [2.45, 2.75) is 31.3 Å². The van der Waals surface area contributed by atoms with Gasteiger partial charge in [0, 0.05) is 18.4 Å². The van der Waals surface area contributed by atoms with Gasteiger partial charge in [-0.3, -0.25) is 19.5 Å². The van der Waals surface area contributed by atoms with Crippen LogP contribution in [0.4, 0.5) is 0 Å². The molecule has 21 heavy (non-hydrogen) atoms. The second-order valence-corrected chi connectivity index (χ2v) is 5.04. The van der Waals surface area contributed by atoms with Crippen molar-refractivity contribution >= 4 is 11.9 Å². The molecule has 1 aromatic rings. The van der Waals surface area contributed by atoms with Crippen LogP contribution < -0.4 is 11.5 Å². The van der Waals surface area contributed by atoms with E-state index in [1.807, 2.05) is 18.5 Å². The van der Waals surface area contributed by atoms with Gasteiger partial charge < -0.3 is 16.6 Å². The number of carboxylic acids is 1. The monoisotopic (exact) mass is 294 g/mol. The van der Waals surface area contributed by atoms with Crippen molar-refractivity contribution in [1.82, 2.24) is 9.88 Å². The van der Waals surface area contributed by atoms with Crippen molar-refractivity contribution in [3.63, 3.8) is 0 Å². The molecule has 0 bridgehead atoms. The fraction of sp³-hybridized carbons (Fsp3) is 0.500. The predicted molar refractivity (Wildman–Crippen MR) is 78.3 cm³/mol. The third-order valence-electron chi connectivity index (χ3n) is 3.33. The highest BCUT2D eigenvalue weighted by Gasteiger charge is 2.21. The first-order valence-electron chi connectivity index (χ1n) is 6.78. The van der Waals surface area contributed by atoms with Gasteiger partial charge >= 0.3 is 5.97 Å². The van der Waals surface area contributed by atoms with Crippen LogP contribution in [-0.2, 0) is 9.59 Å². The molecule has 0 saturated carbocycles. The van der Waals surface area contributed by atoms with Crippen molar-refractivity contribution in [3.8, 4) is 0 Å². The molecule has 1 saturated heterocycles. The zero-order valence-electron chi connectivity index (χ0n) is 12.1. The number of amides is 1. The number of primary amides is 1. The van der Waals surface area contributed by atoms with Crippen LogP contribution in [0.25, 0.3) is 0 Å². The van der Waals surface area contributed by atoms with E-state index in [0.29, 0.717) is 6.04 Å². The van der Waals surface area contributed by atoms with E-state index in [4.69, 9.17) is 10.8 Å². The van der Waals surface area contributed by atoms with E-state index in [-0.39, 0.29) is 6.42 Å². The molecule has 1 aliphatic heterocycles. The number of carboxylic acid groups (broad SMARTS) is 1. The fourth-order valence-corrected chi connectivity index (χ4v) is 2.21. The number of aromatic nitrogens is 1. The number of rotatable bonds is 4. The van der Waals surface area contributed by atoms with Gasteiger partial charge in [-0.25, -0.2) is 0 Å². The first-order valence-corrected chi connectivity index (χ1v) is 6.78. The first kappa shape index (κ1) is 17.1. The highest BCUT2D eigenvalue weighted by Crippen LogP contribution is 2.29. The molecule has 5 N–H and O–H groups in total. The van der Waals surface area contributed by atoms with Crippen LogP contribution in [0.15, 0.2) is 24.5 Å². The summed E-state index contributed by atoms with van der Waals surface area (Å²) in [4.78, 5) is 26.4. The molecular formula is C14H22N4O3. The minimum absolute atomic E-state index is 0.310. The molecule has 1 aromatic heterocycles. The fourth-order valence-electron chi connectivity index (χ4n) is 2.21. The van der Waals surface area contributed by atoms with Gasteiger partial charge in [0.2, 0.25) is 5.91 Å². The Hall–Kier alpha value is -1.99. The molecule has 1 aliphatic rings. The standard InChI is InChI=1S/C10H14N2.C4H8N2O3/c1-12-7-3-5-10(12)9-4-2-6-11-8-9;5-2(4(8)9)1-3(6)7/h2,4,6,8,10H,3,5,7H2,1H3;2H,1,5H2,(H2,6,7)(H,8,9). The van der Waals surface area contributed by atoms with Crippen molar-refractivity contribution in [2.24, 2.45) is 11.5 Å². The Labute approximate surface area is 123 Å². The van der Waals surface area contributed by atoms with Crippen LogP contribution in [0.3, 0.4) is 0 Å². The van der Waals surface area contributed by atoms with Crippen LogP contribution in [0.5, 0.6) is 0 Å². The van der Waals surface area contributed by atoms with E-state index in [0.717, 1.165) is 0 Å². The van der Waals surface area contributed by atoms with Crippen molar-refractivity contribution in [2.75, 3.05) is 13.6 Å². The summed E-state index contributed by atoms with van der Waals surface area (Å²) in [6, 6.07) is 3.63. The molecule has 0 aromatic carbocycles. The maximum absolute atomic E-state index is 9.99. The van der Waals surface area contributed by atoms with E-state index in [2.05, 4.69) is 28.7 Å². The topological polar surface area (TPSA) is 123 Å². The number of aliphatic carboxylic acids is 1. The lowest BCUT2D eigenvalue weighted by atomic mass is 10.1. The number of nitrogens with zero attached hydrogens (tertiary/aromatic N) is 2. The molecule has 1 amide bonds. The van der Waals surface area contributed by atoms with E-state index in [9.17, 15) is 9.59 Å². The maximum Gasteiger partial charge on any atom is 0.321 e. The highest BCUT2D eigenvalue weighted by atomic mass is 16.4. The summed E-state index contributed by atoms with van der Waals surface area (Å²) in [6.45, 7) is 1.22. The number of hydrogen-bond donors (Lipinski definition) is 3. The largest absolute Gasteiger partial charge is 0.480 e. The Morgan fingerprint density at radius 1 is 1.57 bits per heavy atom. The minimum Gasteiger partial charge on any atom is -0.480 e. The SMILES string of the molecule is CN1CCCC1c1cccnc1.NC(=O)CC(N)C(=O)O. The van der Waals surface area contributed by atoms with Gasteiger partial charge in [0.15, 0.2) is 0 Å². The predicted octanol–water partition coefficient (Wildman–Crippen LogP) is 0.122. The molecule has 7 nitrogen and oxygen atoms in total. The van der Waals surface area contributed by atoms with Crippen molar-refractivity contribution in [3.05, 3.63) is 30.1 Å². The van der Waals surface area contributed by atoms with E-state index >= 15 is 0 Å². The van der Waals surface area contributed by atoms with Crippen molar-refractivity contribution < 1.29 is 14.7 Å². The normalized spacial score (nSPS) is 19.4. The molecule has 2 atom stereocenters. The molecule has 0 aliphatic carbocycles. The van der Waals surface area contributed by atoms with Gasteiger partial charge in [-0.15, -0.1) is 0 Å². The number of carbonyl (C=O) groups excluding carboxylic acids is 1. The molecule has 0 spiro atoms. The summed E-state index contributed by atoms with van der Waals surface area (Å²) in [5, 5.41) is 8.10. The smallest absolute Gasteiger partial charge is 0.321 e. The highest BCUT2D eigenvalue weighted by molar-refractivity contribution is 5.83. The summed E-state index contributed by atoms with van der Waals surface area (Å²) in [5.74, 6) is -1.92. The summed E-state index contributed by atoms with van der Waals surface area (Å²) >= 11 is 0. The molecule has 0 radical (unpaired) electrons. The zero-order valence-corrected chi connectivity index (χ0v) is 12.1. The van der Waals surface area contributed by atoms with Crippen LogP contribution in [0, 0.1) is 0 Å². The molecule has 116 valence electrons. The number of hydrogen-bond acceptors (Lipinski definition) is 5. The molecule has 2 rings (SSSR count). The lowest BCUT2D eigenvalue weighted by Crippen LogP contribution is -2.34. The zero-order chi connectivity index (χ0) is 15.8. The Kier molecular flexibility index (Phi) is 6.77. The van der Waals surface area contributed by atoms with E-state index in [1.54, 1.807) is 0 Å². The molecular weight excluding hydrogens is 272 g/mol. The van der Waals surface area contributed by atoms with E-state index in [1.165, 1.54) is 24.9 Å². The maximum atomic E-state index is 9.99. The third-order valence-corrected chi connectivity index (χ3v) is 3.33. The molecule has 1 fully saturated rings. The number of likely N-dealkylation sites (tertiary alicyclic amines) is 1. The van der Waals surface area contributed by atoms with Gasteiger partial charge in [-0.05, 0) is 38.1 Å². The molecule has 2 heterocycles.